The first kappa shape index (κ1) is 19.5. The summed E-state index contributed by atoms with van der Waals surface area (Å²) in [5.41, 5.74) is 0.714. The minimum Gasteiger partial charge on any atom is -0.495 e. The van der Waals surface area contributed by atoms with Gasteiger partial charge in [0, 0.05) is 26.2 Å². The molecule has 4 heterocycles. The van der Waals surface area contributed by atoms with Crippen LogP contribution < -0.4 is 9.64 Å². The lowest BCUT2D eigenvalue weighted by molar-refractivity contribution is 0.414. The van der Waals surface area contributed by atoms with Gasteiger partial charge in [-0.2, -0.15) is 8.82 Å². The van der Waals surface area contributed by atoms with Crippen LogP contribution in [0, 0.1) is 18.8 Å². The maximum atomic E-state index is 13.1. The van der Waals surface area contributed by atoms with Crippen molar-refractivity contribution in [2.45, 2.75) is 11.8 Å². The number of rotatable bonds is 4. The van der Waals surface area contributed by atoms with Gasteiger partial charge in [0.05, 0.1) is 17.0 Å². The number of anilines is 1. The molecule has 2 aliphatic heterocycles. The monoisotopic (exact) mass is 448 g/mol. The van der Waals surface area contributed by atoms with Crippen LogP contribution in [-0.2, 0) is 10.0 Å². The number of methoxy groups -OCH3 is 1. The summed E-state index contributed by atoms with van der Waals surface area (Å²) in [5, 5.41) is 13.0. The second-order valence-electron chi connectivity index (χ2n) is 7.75. The topological polar surface area (TPSA) is 92.9 Å². The molecule has 2 aromatic heterocycles. The predicted octanol–water partition coefficient (Wildman–Crippen LogP) is 1.85. The third-order valence-corrected chi connectivity index (χ3v) is 8.07. The molecule has 1 aromatic carbocycles. The van der Waals surface area contributed by atoms with Gasteiger partial charge >= 0.3 is 0 Å². The number of fused-ring (bicyclic) bond motifs is 2. The van der Waals surface area contributed by atoms with Gasteiger partial charge in [-0.1, -0.05) is 11.6 Å². The van der Waals surface area contributed by atoms with Crippen molar-refractivity contribution in [1.29, 1.82) is 0 Å². The van der Waals surface area contributed by atoms with Gasteiger partial charge in [0.15, 0.2) is 11.5 Å². The molecule has 0 spiro atoms. The predicted molar refractivity (Wildman–Crippen MR) is 111 cm³/mol. The lowest BCUT2D eigenvalue weighted by atomic mass is 10.0. The number of aryl methyl sites for hydroxylation is 1. The highest BCUT2D eigenvalue weighted by Crippen LogP contribution is 2.37. The van der Waals surface area contributed by atoms with E-state index in [0.29, 0.717) is 24.5 Å². The number of halogens is 1. The van der Waals surface area contributed by atoms with E-state index in [-0.39, 0.29) is 21.8 Å². The van der Waals surface area contributed by atoms with Crippen LogP contribution in [0.15, 0.2) is 35.2 Å². The van der Waals surface area contributed by atoms with Crippen molar-refractivity contribution >= 4 is 33.1 Å². The minimum atomic E-state index is -3.60. The van der Waals surface area contributed by atoms with Crippen LogP contribution >= 0.6 is 11.6 Å². The number of ether oxygens (including phenoxy) is 1. The highest BCUT2D eigenvalue weighted by molar-refractivity contribution is 7.89. The van der Waals surface area contributed by atoms with E-state index in [9.17, 15) is 8.42 Å². The molecule has 2 atom stereocenters. The van der Waals surface area contributed by atoms with Crippen molar-refractivity contribution < 1.29 is 13.2 Å². The molecule has 0 N–H and O–H groups in total. The zero-order chi connectivity index (χ0) is 21.0. The van der Waals surface area contributed by atoms with Crippen molar-refractivity contribution in [2.24, 2.45) is 11.8 Å². The Labute approximate surface area is 179 Å². The third-order valence-electron chi connectivity index (χ3n) is 5.94. The second-order valence-corrected chi connectivity index (χ2v) is 10.1. The number of sulfonamides is 1. The van der Waals surface area contributed by atoms with Crippen molar-refractivity contribution in [3.8, 4) is 5.75 Å². The van der Waals surface area contributed by atoms with E-state index in [1.165, 1.54) is 13.2 Å². The lowest BCUT2D eigenvalue weighted by Crippen LogP contribution is -2.33. The fraction of sp³-hybridized carbons (Fsp3) is 0.421. The molecular formula is C19H21ClN6O3S. The summed E-state index contributed by atoms with van der Waals surface area (Å²) >= 11 is 6.14. The van der Waals surface area contributed by atoms with Gasteiger partial charge in [-0.25, -0.2) is 8.42 Å². The summed E-state index contributed by atoms with van der Waals surface area (Å²) in [4.78, 5) is 2.41. The molecule has 30 heavy (non-hydrogen) atoms. The molecule has 11 heteroatoms. The standard InChI is InChI=1S/C19H21ClN6O3S/c1-12-21-22-18-5-6-19(23-26(12)18)24-8-13-10-25(11-14(13)9-24)30(27,28)15-3-4-17(29-2)16(20)7-15/h3-7,13-14H,8-11H2,1-2H3. The quantitative estimate of drug-likeness (QED) is 0.601. The highest BCUT2D eigenvalue weighted by Gasteiger charge is 2.44. The van der Waals surface area contributed by atoms with Gasteiger partial charge in [0.1, 0.15) is 11.6 Å². The van der Waals surface area contributed by atoms with Crippen molar-refractivity contribution in [2.75, 3.05) is 38.2 Å². The van der Waals surface area contributed by atoms with Gasteiger partial charge in [0.25, 0.3) is 0 Å². The average Bonchev–Trinajstić information content (AvgIpc) is 3.41. The maximum Gasteiger partial charge on any atom is 0.243 e. The Balaban J connectivity index is 1.32. The molecule has 3 aromatic rings. The largest absolute Gasteiger partial charge is 0.495 e. The Hall–Kier alpha value is -2.43. The number of aromatic nitrogens is 4. The fourth-order valence-corrected chi connectivity index (χ4v) is 6.25. The van der Waals surface area contributed by atoms with Crippen molar-refractivity contribution in [3.63, 3.8) is 0 Å². The summed E-state index contributed by atoms with van der Waals surface area (Å²) in [5.74, 6) is 2.57. The van der Waals surface area contributed by atoms with E-state index in [1.54, 1.807) is 21.0 Å². The molecule has 2 fully saturated rings. The Kier molecular flexibility index (Phi) is 4.60. The van der Waals surface area contributed by atoms with E-state index in [1.807, 2.05) is 19.1 Å². The van der Waals surface area contributed by atoms with Crippen LogP contribution in [0.25, 0.3) is 5.65 Å². The van der Waals surface area contributed by atoms with Gasteiger partial charge in [-0.05, 0) is 49.1 Å². The van der Waals surface area contributed by atoms with Crippen LogP contribution in [0.1, 0.15) is 5.82 Å². The summed E-state index contributed by atoms with van der Waals surface area (Å²) in [6.07, 6.45) is 0. The molecule has 5 rings (SSSR count). The van der Waals surface area contributed by atoms with Crippen LogP contribution in [-0.4, -0.2) is 65.8 Å². The maximum absolute atomic E-state index is 13.1. The molecule has 0 radical (unpaired) electrons. The molecule has 2 aliphatic rings. The van der Waals surface area contributed by atoms with Crippen molar-refractivity contribution in [1.82, 2.24) is 24.1 Å². The normalized spacial score (nSPS) is 22.0. The van der Waals surface area contributed by atoms with E-state index >= 15 is 0 Å². The van der Waals surface area contributed by atoms with Gasteiger partial charge in [0.2, 0.25) is 10.0 Å². The Morgan fingerprint density at radius 2 is 1.80 bits per heavy atom. The average molecular weight is 449 g/mol. The third kappa shape index (κ3) is 3.10. The molecule has 0 amide bonds. The first-order valence-corrected chi connectivity index (χ1v) is 11.5. The molecule has 0 saturated carbocycles. The van der Waals surface area contributed by atoms with Gasteiger partial charge < -0.3 is 9.64 Å². The summed E-state index contributed by atoms with van der Waals surface area (Å²) in [7, 11) is -2.10. The Bertz CT molecular complexity index is 1220. The molecule has 9 nitrogen and oxygen atoms in total. The Morgan fingerprint density at radius 1 is 1.07 bits per heavy atom. The molecular weight excluding hydrogens is 428 g/mol. The van der Waals surface area contributed by atoms with Crippen molar-refractivity contribution in [3.05, 3.63) is 41.2 Å². The first-order valence-electron chi connectivity index (χ1n) is 9.64. The SMILES string of the molecule is COc1ccc(S(=O)(=O)N2CC3CN(c4ccc5nnc(C)n5n4)CC3C2)cc1Cl. The van der Waals surface area contributed by atoms with E-state index in [0.717, 1.165) is 24.7 Å². The van der Waals surface area contributed by atoms with Crippen LogP contribution in [0.3, 0.4) is 0 Å². The van der Waals surface area contributed by atoms with Crippen LogP contribution in [0.5, 0.6) is 5.75 Å². The van der Waals surface area contributed by atoms with E-state index < -0.39 is 10.0 Å². The number of benzene rings is 1. The number of nitrogens with zero attached hydrogens (tertiary/aromatic N) is 6. The molecule has 0 aliphatic carbocycles. The smallest absolute Gasteiger partial charge is 0.243 e. The summed E-state index contributed by atoms with van der Waals surface area (Å²) in [6.45, 7) is 4.37. The van der Waals surface area contributed by atoms with E-state index in [2.05, 4.69) is 20.2 Å². The molecule has 0 bridgehead atoms. The zero-order valence-corrected chi connectivity index (χ0v) is 18.1. The zero-order valence-electron chi connectivity index (χ0n) is 16.6. The summed E-state index contributed by atoms with van der Waals surface area (Å²) < 4.78 is 34.6. The second kappa shape index (κ2) is 7.07. The van der Waals surface area contributed by atoms with Gasteiger partial charge in [-0.15, -0.1) is 15.3 Å². The van der Waals surface area contributed by atoms with E-state index in [4.69, 9.17) is 16.3 Å². The minimum absolute atomic E-state index is 0.195. The highest BCUT2D eigenvalue weighted by atomic mass is 35.5. The summed E-state index contributed by atoms with van der Waals surface area (Å²) in [6, 6.07) is 8.43. The van der Waals surface area contributed by atoms with Crippen LogP contribution in [0.4, 0.5) is 5.82 Å². The first-order chi connectivity index (χ1) is 14.4. The van der Waals surface area contributed by atoms with Crippen LogP contribution in [0.2, 0.25) is 5.02 Å². The fourth-order valence-electron chi connectivity index (χ4n) is 4.35. The molecule has 158 valence electrons. The molecule has 2 saturated heterocycles. The lowest BCUT2D eigenvalue weighted by Gasteiger charge is -2.22. The number of hydrogen-bond acceptors (Lipinski definition) is 7. The number of hydrogen-bond donors (Lipinski definition) is 0. The Morgan fingerprint density at radius 3 is 2.47 bits per heavy atom. The molecule has 2 unspecified atom stereocenters. The van der Waals surface area contributed by atoms with Gasteiger partial charge in [-0.3, -0.25) is 0 Å².